The highest BCUT2D eigenvalue weighted by atomic mass is 79.9. The Morgan fingerprint density at radius 3 is 2.30 bits per heavy atom. The quantitative estimate of drug-likeness (QED) is 0.275. The summed E-state index contributed by atoms with van der Waals surface area (Å²) in [6.45, 7) is 6.50. The minimum atomic E-state index is -3.57. The maximum absolute atomic E-state index is 13.8. The van der Waals surface area contributed by atoms with Gasteiger partial charge in [0.1, 0.15) is 6.04 Å². The van der Waals surface area contributed by atoms with Crippen molar-refractivity contribution in [3.05, 3.63) is 99.5 Å². The molecule has 7 nitrogen and oxygen atoms in total. The predicted octanol–water partition coefficient (Wildman–Crippen LogP) is 5.39. The minimum Gasteiger partial charge on any atom is -0.355 e. The number of rotatable bonds is 13. The molecule has 0 saturated heterocycles. The molecule has 9 heteroatoms. The average molecular weight is 629 g/mol. The number of hydrogen-bond donors (Lipinski definition) is 1. The molecule has 1 N–H and O–H groups in total. The van der Waals surface area contributed by atoms with Crippen LogP contribution in [0.15, 0.2) is 77.3 Å². The number of nitrogens with zero attached hydrogens (tertiary/aromatic N) is 2. The van der Waals surface area contributed by atoms with Crippen LogP contribution >= 0.6 is 15.9 Å². The zero-order chi connectivity index (χ0) is 29.3. The Kier molecular flexibility index (Phi) is 11.3. The lowest BCUT2D eigenvalue weighted by atomic mass is 10.0. The van der Waals surface area contributed by atoms with E-state index in [2.05, 4.69) is 21.2 Å². The van der Waals surface area contributed by atoms with Gasteiger partial charge in [-0.15, -0.1) is 0 Å². The van der Waals surface area contributed by atoms with Crippen molar-refractivity contribution in [2.45, 2.75) is 52.6 Å². The average Bonchev–Trinajstić information content (AvgIpc) is 2.90. The minimum absolute atomic E-state index is 0.0928. The Bertz CT molecular complexity index is 1410. The van der Waals surface area contributed by atoms with Crippen LogP contribution in [0.5, 0.6) is 0 Å². The summed E-state index contributed by atoms with van der Waals surface area (Å²) in [5.74, 6) is -0.426. The van der Waals surface area contributed by atoms with E-state index in [1.54, 1.807) is 4.90 Å². The molecule has 0 aliphatic heterocycles. The predicted molar refractivity (Wildman–Crippen MR) is 165 cm³/mol. The van der Waals surface area contributed by atoms with Gasteiger partial charge in [-0.1, -0.05) is 70.5 Å². The molecule has 1 atom stereocenters. The Morgan fingerprint density at radius 1 is 0.950 bits per heavy atom. The maximum atomic E-state index is 13.8. The van der Waals surface area contributed by atoms with E-state index in [9.17, 15) is 18.0 Å². The number of carbonyl (C=O) groups excluding carboxylic acids is 2. The number of halogens is 1. The normalized spacial score (nSPS) is 12.0. The fourth-order valence-corrected chi connectivity index (χ4v) is 6.11. The zero-order valence-electron chi connectivity index (χ0n) is 23.6. The SMILES string of the molecule is CCNC(=O)[C@@H](Cc1ccccc1)N(Cc1cccc(Br)c1)C(=O)CCCN(c1cc(C)ccc1C)S(C)(=O)=O. The maximum Gasteiger partial charge on any atom is 0.243 e. The topological polar surface area (TPSA) is 86.8 Å². The van der Waals surface area contributed by atoms with Crippen molar-refractivity contribution in [2.75, 3.05) is 23.7 Å². The van der Waals surface area contributed by atoms with Gasteiger partial charge in [-0.2, -0.15) is 0 Å². The second-order valence-electron chi connectivity index (χ2n) is 9.98. The molecule has 0 spiro atoms. The van der Waals surface area contributed by atoms with E-state index in [0.717, 1.165) is 26.7 Å². The molecule has 0 radical (unpaired) electrons. The lowest BCUT2D eigenvalue weighted by molar-refractivity contribution is -0.141. The van der Waals surface area contributed by atoms with Gasteiger partial charge in [-0.25, -0.2) is 8.42 Å². The van der Waals surface area contributed by atoms with Crippen molar-refractivity contribution in [2.24, 2.45) is 0 Å². The van der Waals surface area contributed by atoms with Crippen LogP contribution in [-0.4, -0.2) is 50.5 Å². The van der Waals surface area contributed by atoms with Gasteiger partial charge in [0, 0.05) is 36.9 Å². The molecule has 3 rings (SSSR count). The van der Waals surface area contributed by atoms with E-state index in [0.29, 0.717) is 25.1 Å². The number of sulfonamides is 1. The third kappa shape index (κ3) is 8.93. The van der Waals surface area contributed by atoms with E-state index < -0.39 is 16.1 Å². The van der Waals surface area contributed by atoms with Crippen molar-refractivity contribution in [1.82, 2.24) is 10.2 Å². The van der Waals surface area contributed by atoms with Crippen LogP contribution in [0.1, 0.15) is 42.0 Å². The van der Waals surface area contributed by atoms with E-state index in [1.807, 2.05) is 93.6 Å². The van der Waals surface area contributed by atoms with E-state index >= 15 is 0 Å². The van der Waals surface area contributed by atoms with Crippen LogP contribution in [0.2, 0.25) is 0 Å². The molecule has 0 heterocycles. The summed E-state index contributed by atoms with van der Waals surface area (Å²) in [6.07, 6.45) is 1.95. The highest BCUT2D eigenvalue weighted by molar-refractivity contribution is 9.10. The summed E-state index contributed by atoms with van der Waals surface area (Å²) in [7, 11) is -3.57. The fourth-order valence-electron chi connectivity index (χ4n) is 4.65. The molecule has 2 amide bonds. The summed E-state index contributed by atoms with van der Waals surface area (Å²) in [5.41, 5.74) is 4.25. The molecular formula is C31H38BrN3O4S. The monoisotopic (exact) mass is 627 g/mol. The van der Waals surface area contributed by atoms with Gasteiger partial charge >= 0.3 is 0 Å². The molecule has 0 aromatic heterocycles. The molecule has 0 saturated carbocycles. The van der Waals surface area contributed by atoms with Crippen molar-refractivity contribution in [1.29, 1.82) is 0 Å². The Balaban J connectivity index is 1.88. The summed E-state index contributed by atoms with van der Waals surface area (Å²) in [6, 6.07) is 22.3. The molecule has 3 aromatic carbocycles. The number of aryl methyl sites for hydroxylation is 2. The van der Waals surface area contributed by atoms with E-state index in [1.165, 1.54) is 10.6 Å². The van der Waals surface area contributed by atoms with Gasteiger partial charge in [0.15, 0.2) is 0 Å². The second kappa shape index (κ2) is 14.5. The smallest absolute Gasteiger partial charge is 0.243 e. The summed E-state index contributed by atoms with van der Waals surface area (Å²) in [4.78, 5) is 28.8. The van der Waals surface area contributed by atoms with Crippen LogP contribution in [0.4, 0.5) is 5.69 Å². The molecule has 0 fully saturated rings. The summed E-state index contributed by atoms with van der Waals surface area (Å²) < 4.78 is 27.7. The number of amides is 2. The number of benzene rings is 3. The molecular weight excluding hydrogens is 590 g/mol. The van der Waals surface area contributed by atoms with Crippen molar-refractivity contribution in [3.63, 3.8) is 0 Å². The summed E-state index contributed by atoms with van der Waals surface area (Å²) in [5, 5.41) is 2.90. The Morgan fingerprint density at radius 2 is 1.65 bits per heavy atom. The molecule has 214 valence electrons. The van der Waals surface area contributed by atoms with Crippen LogP contribution < -0.4 is 9.62 Å². The molecule has 0 bridgehead atoms. The van der Waals surface area contributed by atoms with Crippen molar-refractivity contribution in [3.8, 4) is 0 Å². The molecule has 0 unspecified atom stereocenters. The number of nitrogens with one attached hydrogen (secondary N) is 1. The van der Waals surface area contributed by atoms with Crippen LogP contribution in [0.25, 0.3) is 0 Å². The number of hydrogen-bond acceptors (Lipinski definition) is 4. The zero-order valence-corrected chi connectivity index (χ0v) is 26.0. The van der Waals surface area contributed by atoms with E-state index in [4.69, 9.17) is 0 Å². The molecule has 0 aliphatic carbocycles. The number of carbonyl (C=O) groups is 2. The van der Waals surface area contributed by atoms with Gasteiger partial charge < -0.3 is 10.2 Å². The lowest BCUT2D eigenvalue weighted by Crippen LogP contribution is -2.50. The molecule has 3 aromatic rings. The number of anilines is 1. The van der Waals surface area contributed by atoms with Crippen LogP contribution in [0.3, 0.4) is 0 Å². The highest BCUT2D eigenvalue weighted by Crippen LogP contribution is 2.25. The first kappa shape index (κ1) is 31.4. The third-order valence-electron chi connectivity index (χ3n) is 6.65. The van der Waals surface area contributed by atoms with Gasteiger partial charge in [0.25, 0.3) is 0 Å². The van der Waals surface area contributed by atoms with Crippen molar-refractivity contribution >= 4 is 43.5 Å². The summed E-state index contributed by atoms with van der Waals surface area (Å²) >= 11 is 3.50. The standard InChI is InChI=1S/C31H38BrN3O4S/c1-5-33-31(37)29(21-25-11-7-6-8-12-25)34(22-26-13-9-14-27(32)20-26)30(36)15-10-18-35(40(4,38)39)28-19-23(2)16-17-24(28)3/h6-9,11-14,16-17,19-20,29H,5,10,15,18,21-22H2,1-4H3,(H,33,37)/t29-/m1/s1. The van der Waals surface area contributed by atoms with Gasteiger partial charge in [-0.05, 0) is 67.6 Å². The van der Waals surface area contributed by atoms with E-state index in [-0.39, 0.29) is 31.3 Å². The van der Waals surface area contributed by atoms with Crippen LogP contribution in [0, 0.1) is 13.8 Å². The van der Waals surface area contributed by atoms with Crippen LogP contribution in [-0.2, 0) is 32.6 Å². The van der Waals surface area contributed by atoms with Crippen molar-refractivity contribution < 1.29 is 18.0 Å². The first-order valence-electron chi connectivity index (χ1n) is 13.4. The second-order valence-corrected chi connectivity index (χ2v) is 12.8. The molecule has 40 heavy (non-hydrogen) atoms. The van der Waals surface area contributed by atoms with Gasteiger partial charge in [0.2, 0.25) is 21.8 Å². The molecule has 0 aliphatic rings. The fraction of sp³-hybridized carbons (Fsp3) is 0.355. The first-order chi connectivity index (χ1) is 19.0. The van der Waals surface area contributed by atoms with Gasteiger partial charge in [-0.3, -0.25) is 13.9 Å². The Labute approximate surface area is 246 Å². The largest absolute Gasteiger partial charge is 0.355 e. The Hall–Kier alpha value is -3.17. The number of likely N-dealkylation sites (N-methyl/N-ethyl adjacent to an activating group) is 1. The lowest BCUT2D eigenvalue weighted by Gasteiger charge is -2.32. The first-order valence-corrected chi connectivity index (χ1v) is 16.0. The third-order valence-corrected chi connectivity index (χ3v) is 8.32. The highest BCUT2D eigenvalue weighted by Gasteiger charge is 2.30. The van der Waals surface area contributed by atoms with Gasteiger partial charge in [0.05, 0.1) is 11.9 Å².